The van der Waals surface area contributed by atoms with E-state index in [0.29, 0.717) is 0 Å². The van der Waals surface area contributed by atoms with Gasteiger partial charge in [-0.1, -0.05) is 0 Å². The van der Waals surface area contributed by atoms with E-state index in [-0.39, 0.29) is 0 Å². The van der Waals surface area contributed by atoms with E-state index in [9.17, 15) is 0 Å². The normalized spacial score (nSPS) is 10.2. The molecule has 0 saturated heterocycles. The fourth-order valence-electron chi connectivity index (χ4n) is 1.90. The zero-order chi connectivity index (χ0) is 10.8. The second-order valence-electron chi connectivity index (χ2n) is 3.80. The molecule has 0 radical (unpaired) electrons. The van der Waals surface area contributed by atoms with Gasteiger partial charge in [-0.25, -0.2) is 0 Å². The van der Waals surface area contributed by atoms with Gasteiger partial charge in [0.1, 0.15) is 0 Å². The Kier molecular flexibility index (Phi) is 2.26. The second-order valence-corrected chi connectivity index (χ2v) is 3.80. The third kappa shape index (κ3) is 1.63. The molecule has 1 nitrogen and oxygen atoms in total. The van der Waals surface area contributed by atoms with Crippen molar-refractivity contribution >= 4 is 17.7 Å². The standard InChI is InChI=1S/C14H10BN/c1-2-4-12-9-13(6-5-11(12)3-1)14-10-16-8-7-15-14/h1-10H. The van der Waals surface area contributed by atoms with Gasteiger partial charge in [-0.15, -0.1) is 0 Å². The fourth-order valence-corrected chi connectivity index (χ4v) is 1.90. The predicted octanol–water partition coefficient (Wildman–Crippen LogP) is 3.24. The van der Waals surface area contributed by atoms with E-state index in [0.717, 1.165) is 5.46 Å². The van der Waals surface area contributed by atoms with Crippen molar-refractivity contribution in [1.82, 2.24) is 4.98 Å². The minimum absolute atomic E-state index is 1.16. The average Bonchev–Trinajstić information content (AvgIpc) is 2.39. The Bertz CT molecular complexity index is 620. The van der Waals surface area contributed by atoms with E-state index >= 15 is 0 Å². The Morgan fingerprint density at radius 3 is 2.62 bits per heavy atom. The molecule has 3 rings (SSSR count). The zero-order valence-electron chi connectivity index (χ0n) is 8.80. The Hall–Kier alpha value is -1.96. The summed E-state index contributed by atoms with van der Waals surface area (Å²) in [5, 5.41) is 2.54. The van der Waals surface area contributed by atoms with E-state index in [1.165, 1.54) is 16.3 Å². The first kappa shape index (κ1) is 9.28. The van der Waals surface area contributed by atoms with Gasteiger partial charge in [0.05, 0.1) is 0 Å². The maximum absolute atomic E-state index is 4.14. The first-order valence-corrected chi connectivity index (χ1v) is 5.33. The Morgan fingerprint density at radius 2 is 1.81 bits per heavy atom. The summed E-state index contributed by atoms with van der Waals surface area (Å²) in [7, 11) is 0. The molecule has 0 aliphatic carbocycles. The summed E-state index contributed by atoms with van der Waals surface area (Å²) < 4.78 is 0. The number of benzene rings is 2. The number of nitrogens with zero attached hydrogens (tertiary/aromatic N) is 1. The van der Waals surface area contributed by atoms with Gasteiger partial charge in [-0.05, 0) is 0 Å². The topological polar surface area (TPSA) is 12.9 Å². The monoisotopic (exact) mass is 203 g/mol. The maximum atomic E-state index is 4.14. The molecule has 0 bridgehead atoms. The van der Waals surface area contributed by atoms with Crippen LogP contribution in [0.5, 0.6) is 0 Å². The molecule has 0 spiro atoms. The molecule has 2 heteroatoms. The van der Waals surface area contributed by atoms with Crippen LogP contribution in [-0.2, 0) is 0 Å². The molecule has 0 fully saturated rings. The molecule has 0 amide bonds. The van der Waals surface area contributed by atoms with Crippen LogP contribution in [-0.4, -0.2) is 11.9 Å². The van der Waals surface area contributed by atoms with Gasteiger partial charge >= 0.3 is 94.5 Å². The first-order chi connectivity index (χ1) is 7.93. The third-order valence-electron chi connectivity index (χ3n) is 2.74. The molecule has 0 saturated carbocycles. The van der Waals surface area contributed by atoms with Gasteiger partial charge in [0.2, 0.25) is 0 Å². The van der Waals surface area contributed by atoms with Crippen molar-refractivity contribution in [3.63, 3.8) is 0 Å². The minimum atomic E-state index is 1.16. The summed E-state index contributed by atoms with van der Waals surface area (Å²) in [6.45, 7) is 2.08. The Morgan fingerprint density at radius 1 is 0.938 bits per heavy atom. The quantitative estimate of drug-likeness (QED) is 0.591. The molecule has 0 unspecified atom stereocenters. The average molecular weight is 203 g/mol. The van der Waals surface area contributed by atoms with Crippen molar-refractivity contribution < 1.29 is 0 Å². The van der Waals surface area contributed by atoms with Crippen molar-refractivity contribution in [3.05, 3.63) is 60.8 Å². The van der Waals surface area contributed by atoms with E-state index in [1.807, 2.05) is 12.2 Å². The summed E-state index contributed by atoms with van der Waals surface area (Å²) in [4.78, 5) is 4.14. The van der Waals surface area contributed by atoms with Gasteiger partial charge in [0, 0.05) is 0 Å². The van der Waals surface area contributed by atoms with Crippen LogP contribution < -0.4 is 0 Å². The summed E-state index contributed by atoms with van der Waals surface area (Å²) in [5.41, 5.74) is 2.38. The Labute approximate surface area is 95.0 Å². The first-order valence-electron chi connectivity index (χ1n) is 5.33. The molecule has 2 aromatic carbocycles. The van der Waals surface area contributed by atoms with E-state index in [1.54, 1.807) is 6.20 Å². The molecular formula is C14H10BN. The number of fused-ring (bicyclic) bond motifs is 1. The van der Waals surface area contributed by atoms with Crippen LogP contribution in [0.3, 0.4) is 0 Å². The van der Waals surface area contributed by atoms with Crippen LogP contribution in [0.25, 0.3) is 21.8 Å². The van der Waals surface area contributed by atoms with Gasteiger partial charge in [0.25, 0.3) is 0 Å². The molecule has 1 heterocycles. The van der Waals surface area contributed by atoms with Crippen molar-refractivity contribution in [2.24, 2.45) is 0 Å². The third-order valence-corrected chi connectivity index (χ3v) is 2.74. The van der Waals surface area contributed by atoms with Crippen LogP contribution >= 0.6 is 0 Å². The molecule has 3 aromatic rings. The molecule has 0 N–H and O–H groups in total. The summed E-state index contributed by atoms with van der Waals surface area (Å²) in [6.07, 6.45) is 3.69. The van der Waals surface area contributed by atoms with Gasteiger partial charge < -0.3 is 0 Å². The molecule has 0 aliphatic rings. The zero-order valence-corrected chi connectivity index (χ0v) is 8.80. The molecule has 1 aromatic heterocycles. The molecule has 74 valence electrons. The SMILES string of the molecule is b1ccncc1-c1ccc2ccccc2c1. The van der Waals surface area contributed by atoms with Gasteiger partial charge in [-0.3, -0.25) is 0 Å². The van der Waals surface area contributed by atoms with Crippen LogP contribution in [0.1, 0.15) is 0 Å². The second kappa shape index (κ2) is 3.89. The van der Waals surface area contributed by atoms with Crippen LogP contribution in [0.2, 0.25) is 0 Å². The molecule has 0 atom stereocenters. The Balaban J connectivity index is 2.19. The van der Waals surface area contributed by atoms with Crippen molar-refractivity contribution in [2.75, 3.05) is 0 Å². The number of aromatic nitrogens is 1. The van der Waals surface area contributed by atoms with Crippen LogP contribution in [0.15, 0.2) is 60.8 Å². The van der Waals surface area contributed by atoms with Crippen LogP contribution in [0, 0.1) is 0 Å². The summed E-state index contributed by atoms with van der Waals surface area (Å²) in [5.74, 6) is 1.96. The van der Waals surface area contributed by atoms with E-state index < -0.39 is 0 Å². The molecule has 16 heavy (non-hydrogen) atoms. The fraction of sp³-hybridized carbons (Fsp3) is 0. The predicted molar refractivity (Wildman–Crippen MR) is 68.5 cm³/mol. The number of hydrogen-bond donors (Lipinski definition) is 0. The molecule has 0 aliphatic heterocycles. The number of rotatable bonds is 1. The van der Waals surface area contributed by atoms with Crippen molar-refractivity contribution in [3.8, 4) is 11.0 Å². The van der Waals surface area contributed by atoms with Crippen molar-refractivity contribution in [2.45, 2.75) is 0 Å². The van der Waals surface area contributed by atoms with Gasteiger partial charge in [-0.2, -0.15) is 0 Å². The van der Waals surface area contributed by atoms with Crippen molar-refractivity contribution in [1.29, 1.82) is 0 Å². The number of hydrogen-bond acceptors (Lipinski definition) is 1. The van der Waals surface area contributed by atoms with Crippen LogP contribution in [0.4, 0.5) is 0 Å². The van der Waals surface area contributed by atoms with Gasteiger partial charge in [0.15, 0.2) is 0 Å². The summed E-state index contributed by atoms with van der Waals surface area (Å²) in [6, 6.07) is 14.9. The van der Waals surface area contributed by atoms with E-state index in [2.05, 4.69) is 54.4 Å². The summed E-state index contributed by atoms with van der Waals surface area (Å²) >= 11 is 0. The molecular weight excluding hydrogens is 193 g/mol. The van der Waals surface area contributed by atoms with E-state index in [4.69, 9.17) is 0 Å².